The Kier molecular flexibility index (Phi) is 5.06. The van der Waals surface area contributed by atoms with Gasteiger partial charge in [0.05, 0.1) is 28.4 Å². The van der Waals surface area contributed by atoms with E-state index in [0.717, 1.165) is 28.9 Å². The molecule has 0 aliphatic carbocycles. The number of benzene rings is 2. The maximum Gasteiger partial charge on any atom is 0.261 e. The van der Waals surface area contributed by atoms with Gasteiger partial charge < -0.3 is 4.90 Å². The molecule has 8 heteroatoms. The third-order valence-electron chi connectivity index (χ3n) is 6.24. The molecule has 7 nitrogen and oxygen atoms in total. The fraction of sp³-hybridized carbons (Fsp3) is 0.250. The highest BCUT2D eigenvalue weighted by Gasteiger charge is 2.30. The van der Waals surface area contributed by atoms with Crippen molar-refractivity contribution in [1.82, 2.24) is 15.1 Å². The van der Waals surface area contributed by atoms with Gasteiger partial charge in [-0.25, -0.2) is 0 Å². The summed E-state index contributed by atoms with van der Waals surface area (Å²) >= 11 is 6.71. The van der Waals surface area contributed by atoms with Crippen LogP contribution in [0, 0.1) is 0 Å². The summed E-state index contributed by atoms with van der Waals surface area (Å²) in [7, 11) is 1.85. The Morgan fingerprint density at radius 1 is 1.03 bits per heavy atom. The number of nitrogens with zero attached hydrogens (tertiary/aromatic N) is 3. The van der Waals surface area contributed by atoms with E-state index < -0.39 is 5.92 Å². The van der Waals surface area contributed by atoms with Crippen LogP contribution < -0.4 is 10.2 Å². The zero-order chi connectivity index (χ0) is 22.4. The first-order valence-electron chi connectivity index (χ1n) is 10.5. The minimum absolute atomic E-state index is 0.0509. The number of carbonyl (C=O) groups is 3. The van der Waals surface area contributed by atoms with Gasteiger partial charge in [-0.1, -0.05) is 41.9 Å². The first kappa shape index (κ1) is 20.5. The van der Waals surface area contributed by atoms with Crippen LogP contribution in [0.1, 0.15) is 40.4 Å². The quantitative estimate of drug-likeness (QED) is 0.622. The van der Waals surface area contributed by atoms with E-state index in [2.05, 4.69) is 10.4 Å². The summed E-state index contributed by atoms with van der Waals surface area (Å²) in [6.07, 6.45) is 3.12. The Morgan fingerprint density at radius 3 is 2.56 bits per heavy atom. The molecule has 162 valence electrons. The van der Waals surface area contributed by atoms with Gasteiger partial charge in [-0.15, -0.1) is 0 Å². The summed E-state index contributed by atoms with van der Waals surface area (Å²) in [5, 5.41) is 7.10. The topological polar surface area (TPSA) is 84.3 Å². The van der Waals surface area contributed by atoms with Gasteiger partial charge in [-0.2, -0.15) is 5.10 Å². The number of carbonyl (C=O) groups excluding carboxylic acids is 3. The molecule has 3 heterocycles. The molecular weight excluding hydrogens is 428 g/mol. The number of rotatable bonds is 3. The number of aromatic nitrogens is 2. The summed E-state index contributed by atoms with van der Waals surface area (Å²) in [5.74, 6) is -1.06. The average molecular weight is 449 g/mol. The van der Waals surface area contributed by atoms with E-state index in [4.69, 9.17) is 11.6 Å². The highest BCUT2D eigenvalue weighted by molar-refractivity contribution is 6.34. The molecule has 2 aromatic carbocycles. The summed E-state index contributed by atoms with van der Waals surface area (Å²) in [6.45, 7) is 0.594. The van der Waals surface area contributed by atoms with E-state index in [1.165, 1.54) is 0 Å². The number of hydrogen-bond acceptors (Lipinski definition) is 4. The molecule has 0 spiro atoms. The van der Waals surface area contributed by atoms with Crippen molar-refractivity contribution in [3.05, 3.63) is 70.5 Å². The first-order chi connectivity index (χ1) is 15.4. The van der Waals surface area contributed by atoms with Crippen molar-refractivity contribution in [3.8, 4) is 11.1 Å². The molecule has 2 aliphatic heterocycles. The number of anilines is 1. The third-order valence-corrected chi connectivity index (χ3v) is 6.66. The van der Waals surface area contributed by atoms with Crippen molar-refractivity contribution in [2.75, 3.05) is 11.4 Å². The number of nitrogens with one attached hydrogen (secondary N) is 1. The minimum Gasteiger partial charge on any atom is -0.308 e. The minimum atomic E-state index is -0.445. The Hall–Kier alpha value is -3.45. The number of fused-ring (bicyclic) bond motifs is 1. The van der Waals surface area contributed by atoms with Gasteiger partial charge in [-0.3, -0.25) is 24.4 Å². The highest BCUT2D eigenvalue weighted by atomic mass is 35.5. The van der Waals surface area contributed by atoms with Gasteiger partial charge in [0.1, 0.15) is 0 Å². The van der Waals surface area contributed by atoms with Crippen LogP contribution in [-0.4, -0.2) is 34.0 Å². The molecule has 1 N–H and O–H groups in total. The molecule has 2 aliphatic rings. The van der Waals surface area contributed by atoms with E-state index in [9.17, 15) is 14.4 Å². The van der Waals surface area contributed by atoms with Crippen molar-refractivity contribution in [3.63, 3.8) is 0 Å². The second-order valence-electron chi connectivity index (χ2n) is 8.09. The molecule has 1 unspecified atom stereocenters. The van der Waals surface area contributed by atoms with Crippen molar-refractivity contribution >= 4 is 35.0 Å². The molecule has 5 rings (SSSR count). The molecule has 0 bridgehead atoms. The van der Waals surface area contributed by atoms with E-state index in [0.29, 0.717) is 35.5 Å². The molecule has 0 radical (unpaired) electrons. The first-order valence-corrected chi connectivity index (χ1v) is 10.9. The van der Waals surface area contributed by atoms with Crippen molar-refractivity contribution in [2.45, 2.75) is 25.2 Å². The highest BCUT2D eigenvalue weighted by Crippen LogP contribution is 2.37. The maximum atomic E-state index is 12.9. The predicted molar refractivity (Wildman–Crippen MR) is 121 cm³/mol. The van der Waals surface area contributed by atoms with Crippen LogP contribution in [0.3, 0.4) is 0 Å². The zero-order valence-corrected chi connectivity index (χ0v) is 18.2. The fourth-order valence-electron chi connectivity index (χ4n) is 4.50. The molecule has 32 heavy (non-hydrogen) atoms. The standard InChI is InChI=1S/C24H21ClN4O3/c1-28-20-11-12-29(24(32)19(20)13-26-28)15-7-5-14(6-8-15)16-3-2-4-17(22(16)25)18-9-10-21(30)27-23(18)31/h2-8,13,18H,9-12H2,1H3,(H,27,30,31). The Balaban J connectivity index is 1.42. The molecule has 1 aromatic heterocycles. The van der Waals surface area contributed by atoms with Gasteiger partial charge >= 0.3 is 0 Å². The second kappa shape index (κ2) is 7.91. The maximum absolute atomic E-state index is 12.9. The van der Waals surface area contributed by atoms with Crippen LogP contribution >= 0.6 is 11.6 Å². The lowest BCUT2D eigenvalue weighted by Crippen LogP contribution is -2.39. The molecule has 3 aromatic rings. The van der Waals surface area contributed by atoms with Crippen LogP contribution in [0.2, 0.25) is 5.02 Å². The molecule has 1 saturated heterocycles. The number of hydrogen-bond donors (Lipinski definition) is 1. The van der Waals surface area contributed by atoms with Gasteiger partial charge in [0.2, 0.25) is 11.8 Å². The largest absolute Gasteiger partial charge is 0.308 e. The number of aryl methyl sites for hydroxylation is 1. The SMILES string of the molecule is Cn1ncc2c1CCN(c1ccc(-c3cccc(C4CCC(=O)NC4=O)c3Cl)cc1)C2=O. The van der Waals surface area contributed by atoms with E-state index in [-0.39, 0.29) is 17.7 Å². The van der Waals surface area contributed by atoms with Crippen molar-refractivity contribution < 1.29 is 14.4 Å². The monoisotopic (exact) mass is 448 g/mol. The normalized spacial score (nSPS) is 18.5. The summed E-state index contributed by atoms with van der Waals surface area (Å²) < 4.78 is 1.76. The zero-order valence-electron chi connectivity index (χ0n) is 17.5. The van der Waals surface area contributed by atoms with Gasteiger partial charge in [0.25, 0.3) is 5.91 Å². The van der Waals surface area contributed by atoms with E-state index in [1.54, 1.807) is 15.8 Å². The molecule has 1 fully saturated rings. The summed E-state index contributed by atoms with van der Waals surface area (Å²) in [4.78, 5) is 38.5. The molecular formula is C24H21ClN4O3. The number of halogens is 1. The lowest BCUT2D eigenvalue weighted by Gasteiger charge is -2.27. The van der Waals surface area contributed by atoms with Crippen molar-refractivity contribution in [2.24, 2.45) is 7.05 Å². The van der Waals surface area contributed by atoms with Crippen LogP contribution in [0.5, 0.6) is 0 Å². The van der Waals surface area contributed by atoms with Crippen molar-refractivity contribution in [1.29, 1.82) is 0 Å². The fourth-order valence-corrected chi connectivity index (χ4v) is 4.87. The Labute approximate surface area is 190 Å². The van der Waals surface area contributed by atoms with Gasteiger partial charge in [-0.05, 0) is 29.7 Å². The molecule has 3 amide bonds. The van der Waals surface area contributed by atoms with Crippen LogP contribution in [0.15, 0.2) is 48.7 Å². The van der Waals surface area contributed by atoms with Gasteiger partial charge in [0.15, 0.2) is 0 Å². The lowest BCUT2D eigenvalue weighted by molar-refractivity contribution is -0.134. The summed E-state index contributed by atoms with van der Waals surface area (Å²) in [5.41, 5.74) is 4.82. The Morgan fingerprint density at radius 2 is 1.81 bits per heavy atom. The average Bonchev–Trinajstić information content (AvgIpc) is 3.17. The Bertz CT molecular complexity index is 1250. The number of imide groups is 1. The smallest absolute Gasteiger partial charge is 0.261 e. The molecule has 1 atom stereocenters. The third kappa shape index (κ3) is 3.39. The molecule has 0 saturated carbocycles. The van der Waals surface area contributed by atoms with Gasteiger partial charge in [0, 0.05) is 37.7 Å². The van der Waals surface area contributed by atoms with E-state index >= 15 is 0 Å². The number of amides is 3. The number of piperidine rings is 1. The van der Waals surface area contributed by atoms with Crippen LogP contribution in [0.4, 0.5) is 5.69 Å². The van der Waals surface area contributed by atoms with Crippen LogP contribution in [0.25, 0.3) is 11.1 Å². The second-order valence-corrected chi connectivity index (χ2v) is 8.47. The van der Waals surface area contributed by atoms with E-state index in [1.807, 2.05) is 49.5 Å². The summed E-state index contributed by atoms with van der Waals surface area (Å²) in [6, 6.07) is 13.3. The lowest BCUT2D eigenvalue weighted by atomic mass is 9.88. The predicted octanol–water partition coefficient (Wildman–Crippen LogP) is 3.46. The van der Waals surface area contributed by atoms with Crippen LogP contribution in [-0.2, 0) is 23.1 Å².